The molecule has 6 nitrogen and oxygen atoms in total. The average molecular weight is 355 g/mol. The molecule has 0 radical (unpaired) electrons. The summed E-state index contributed by atoms with van der Waals surface area (Å²) in [6, 6.07) is 1.06. The highest BCUT2D eigenvalue weighted by atomic mass is 16.5. The third-order valence-corrected chi connectivity index (χ3v) is 5.53. The van der Waals surface area contributed by atoms with Gasteiger partial charge in [-0.2, -0.15) is 0 Å². The second-order valence-corrected chi connectivity index (χ2v) is 7.95. The SMILES string of the molecule is O=C(O)CCCCCC(CCCCCC(=O)O)NC1CC2(COC2)C1. The molecule has 1 aliphatic heterocycles. The van der Waals surface area contributed by atoms with Gasteiger partial charge in [-0.1, -0.05) is 25.7 Å². The van der Waals surface area contributed by atoms with Crippen molar-refractivity contribution in [3.05, 3.63) is 0 Å². The van der Waals surface area contributed by atoms with E-state index in [0.717, 1.165) is 64.6 Å². The molecule has 25 heavy (non-hydrogen) atoms. The molecule has 0 atom stereocenters. The Kier molecular flexibility index (Phi) is 8.16. The first-order valence-corrected chi connectivity index (χ1v) is 9.76. The number of hydrogen-bond acceptors (Lipinski definition) is 4. The number of carboxylic acids is 2. The topological polar surface area (TPSA) is 95.9 Å². The summed E-state index contributed by atoms with van der Waals surface area (Å²) in [6.07, 6.45) is 10.7. The molecule has 6 heteroatoms. The maximum absolute atomic E-state index is 10.6. The normalized spacial score (nSPS) is 18.9. The summed E-state index contributed by atoms with van der Waals surface area (Å²) in [5.41, 5.74) is 0.463. The third-order valence-electron chi connectivity index (χ3n) is 5.53. The zero-order valence-electron chi connectivity index (χ0n) is 15.2. The number of carbonyl (C=O) groups is 2. The Morgan fingerprint density at radius 2 is 1.44 bits per heavy atom. The van der Waals surface area contributed by atoms with Gasteiger partial charge >= 0.3 is 11.9 Å². The van der Waals surface area contributed by atoms with E-state index in [4.69, 9.17) is 14.9 Å². The highest BCUT2D eigenvalue weighted by Crippen LogP contribution is 2.47. The van der Waals surface area contributed by atoms with E-state index in [1.165, 1.54) is 12.8 Å². The fourth-order valence-corrected chi connectivity index (χ4v) is 4.06. The Hall–Kier alpha value is -1.14. The first-order chi connectivity index (χ1) is 12.0. The van der Waals surface area contributed by atoms with E-state index in [-0.39, 0.29) is 12.8 Å². The van der Waals surface area contributed by atoms with E-state index >= 15 is 0 Å². The summed E-state index contributed by atoms with van der Waals surface area (Å²) in [6.45, 7) is 1.83. The number of nitrogens with one attached hydrogen (secondary N) is 1. The van der Waals surface area contributed by atoms with E-state index in [0.29, 0.717) is 17.5 Å². The van der Waals surface area contributed by atoms with Gasteiger partial charge < -0.3 is 20.3 Å². The van der Waals surface area contributed by atoms with E-state index in [1.807, 2.05) is 0 Å². The predicted molar refractivity (Wildman–Crippen MR) is 94.6 cm³/mol. The van der Waals surface area contributed by atoms with Gasteiger partial charge in [-0.25, -0.2) is 0 Å². The molecular weight excluding hydrogens is 322 g/mol. The van der Waals surface area contributed by atoms with Crippen LogP contribution in [0.4, 0.5) is 0 Å². The Bertz CT molecular complexity index is 404. The molecular formula is C19H33NO5. The first kappa shape index (κ1) is 20.2. The van der Waals surface area contributed by atoms with Crippen molar-refractivity contribution in [2.24, 2.45) is 5.41 Å². The van der Waals surface area contributed by atoms with E-state index in [1.54, 1.807) is 0 Å². The minimum absolute atomic E-state index is 0.262. The van der Waals surface area contributed by atoms with Gasteiger partial charge in [0.25, 0.3) is 0 Å². The van der Waals surface area contributed by atoms with Crippen LogP contribution in [-0.4, -0.2) is 47.4 Å². The summed E-state index contributed by atoms with van der Waals surface area (Å²) in [5.74, 6) is -1.42. The van der Waals surface area contributed by atoms with Gasteiger partial charge in [0.15, 0.2) is 0 Å². The molecule has 2 fully saturated rings. The zero-order chi connectivity index (χ0) is 18.1. The lowest BCUT2D eigenvalue weighted by Gasteiger charge is -2.54. The molecule has 144 valence electrons. The molecule has 1 heterocycles. The highest BCUT2D eigenvalue weighted by Gasteiger charge is 2.49. The summed E-state index contributed by atoms with van der Waals surface area (Å²) in [7, 11) is 0. The van der Waals surface area contributed by atoms with Crippen LogP contribution in [-0.2, 0) is 14.3 Å². The minimum Gasteiger partial charge on any atom is -0.481 e. The number of carboxylic acid groups (broad SMARTS) is 2. The minimum atomic E-state index is -0.712. The summed E-state index contributed by atoms with van der Waals surface area (Å²) in [5, 5.41) is 21.2. The maximum Gasteiger partial charge on any atom is 0.303 e. The Balaban J connectivity index is 1.61. The van der Waals surface area contributed by atoms with Gasteiger partial charge in [-0.3, -0.25) is 9.59 Å². The molecule has 1 saturated carbocycles. The molecule has 1 saturated heterocycles. The number of rotatable bonds is 14. The van der Waals surface area contributed by atoms with E-state index in [9.17, 15) is 9.59 Å². The van der Waals surface area contributed by atoms with Crippen molar-refractivity contribution in [3.63, 3.8) is 0 Å². The second-order valence-electron chi connectivity index (χ2n) is 7.95. The van der Waals surface area contributed by atoms with Crippen LogP contribution in [0.5, 0.6) is 0 Å². The smallest absolute Gasteiger partial charge is 0.303 e. The van der Waals surface area contributed by atoms with Crippen LogP contribution in [0.3, 0.4) is 0 Å². The van der Waals surface area contributed by atoms with Gasteiger partial charge in [0.1, 0.15) is 0 Å². The van der Waals surface area contributed by atoms with Crippen LogP contribution in [0.15, 0.2) is 0 Å². The Morgan fingerprint density at radius 3 is 1.84 bits per heavy atom. The average Bonchev–Trinajstić information content (AvgIpc) is 2.46. The molecule has 2 rings (SSSR count). The lowest BCUT2D eigenvalue weighted by Crippen LogP contribution is -2.60. The van der Waals surface area contributed by atoms with Crippen LogP contribution in [0.25, 0.3) is 0 Å². The molecule has 0 bridgehead atoms. The van der Waals surface area contributed by atoms with E-state index in [2.05, 4.69) is 5.32 Å². The monoisotopic (exact) mass is 355 g/mol. The van der Waals surface area contributed by atoms with Crippen LogP contribution >= 0.6 is 0 Å². The van der Waals surface area contributed by atoms with Crippen molar-refractivity contribution in [3.8, 4) is 0 Å². The van der Waals surface area contributed by atoms with Crippen molar-refractivity contribution in [2.75, 3.05) is 13.2 Å². The largest absolute Gasteiger partial charge is 0.481 e. The number of aliphatic carboxylic acids is 2. The van der Waals surface area contributed by atoms with Crippen LogP contribution < -0.4 is 5.32 Å². The van der Waals surface area contributed by atoms with Crippen LogP contribution in [0.1, 0.15) is 77.0 Å². The molecule has 0 aromatic carbocycles. The van der Waals surface area contributed by atoms with Gasteiger partial charge in [0.2, 0.25) is 0 Å². The Morgan fingerprint density at radius 1 is 0.920 bits per heavy atom. The second kappa shape index (κ2) is 10.1. The number of hydrogen-bond donors (Lipinski definition) is 3. The molecule has 3 N–H and O–H groups in total. The quantitative estimate of drug-likeness (QED) is 0.414. The fourth-order valence-electron chi connectivity index (χ4n) is 4.06. The van der Waals surface area contributed by atoms with Gasteiger partial charge in [-0.05, 0) is 38.5 Å². The number of ether oxygens (including phenoxy) is 1. The molecule has 2 aliphatic rings. The predicted octanol–water partition coefficient (Wildman–Crippen LogP) is 3.19. The summed E-state index contributed by atoms with van der Waals surface area (Å²) >= 11 is 0. The third kappa shape index (κ3) is 7.32. The zero-order valence-corrected chi connectivity index (χ0v) is 15.2. The lowest BCUT2D eigenvalue weighted by atomic mass is 9.64. The Labute approximate surface area is 150 Å². The van der Waals surface area contributed by atoms with Crippen molar-refractivity contribution >= 4 is 11.9 Å². The highest BCUT2D eigenvalue weighted by molar-refractivity contribution is 5.66. The van der Waals surface area contributed by atoms with Gasteiger partial charge in [-0.15, -0.1) is 0 Å². The van der Waals surface area contributed by atoms with Crippen LogP contribution in [0, 0.1) is 5.41 Å². The fraction of sp³-hybridized carbons (Fsp3) is 0.895. The molecule has 0 aromatic heterocycles. The van der Waals surface area contributed by atoms with Crippen molar-refractivity contribution in [1.82, 2.24) is 5.32 Å². The van der Waals surface area contributed by atoms with Crippen molar-refractivity contribution < 1.29 is 24.5 Å². The van der Waals surface area contributed by atoms with Crippen molar-refractivity contribution in [1.29, 1.82) is 0 Å². The first-order valence-electron chi connectivity index (χ1n) is 9.76. The molecule has 0 unspecified atom stereocenters. The maximum atomic E-state index is 10.6. The molecule has 1 spiro atoms. The summed E-state index contributed by atoms with van der Waals surface area (Å²) in [4.78, 5) is 21.1. The molecule has 1 aliphatic carbocycles. The standard InChI is InChI=1S/C19H33NO5/c21-17(22)9-5-1-3-7-15(8-4-2-6-10-18(23)24)20-16-11-19(12-16)13-25-14-19/h15-16,20H,1-14H2,(H,21,22)(H,23,24). The lowest BCUT2D eigenvalue weighted by molar-refractivity contribution is -0.168. The summed E-state index contributed by atoms with van der Waals surface area (Å²) < 4.78 is 5.33. The molecule has 0 amide bonds. The number of unbranched alkanes of at least 4 members (excludes halogenated alkanes) is 4. The van der Waals surface area contributed by atoms with Gasteiger partial charge in [0, 0.05) is 30.3 Å². The molecule has 0 aromatic rings. The van der Waals surface area contributed by atoms with Crippen molar-refractivity contribution in [2.45, 2.75) is 89.1 Å². The van der Waals surface area contributed by atoms with Crippen LogP contribution in [0.2, 0.25) is 0 Å². The van der Waals surface area contributed by atoms with Gasteiger partial charge in [0.05, 0.1) is 13.2 Å². The van der Waals surface area contributed by atoms with E-state index < -0.39 is 11.9 Å².